The van der Waals surface area contributed by atoms with Gasteiger partial charge in [0.15, 0.2) is 0 Å². The van der Waals surface area contributed by atoms with Crippen LogP contribution in [0.4, 0.5) is 0 Å². The Labute approximate surface area is 123 Å². The molecule has 0 heterocycles. The van der Waals surface area contributed by atoms with Crippen LogP contribution < -0.4 is 10.6 Å². The van der Waals surface area contributed by atoms with Crippen LogP contribution in [-0.4, -0.2) is 52.4 Å². The summed E-state index contributed by atoms with van der Waals surface area (Å²) in [7, 11) is -1.68. The summed E-state index contributed by atoms with van der Waals surface area (Å²) in [6, 6.07) is 0. The molecule has 0 unspecified atom stereocenters. The lowest BCUT2D eigenvalue weighted by Gasteiger charge is -2.23. The monoisotopic (exact) mass is 296 g/mol. The van der Waals surface area contributed by atoms with Gasteiger partial charge in [-0.25, -0.2) is 0 Å². The number of hydrogen-bond donors (Lipinski definition) is 6. The Bertz CT molecular complexity index is 449. The molecule has 0 aromatic heterocycles. The minimum Gasteiger partial charge on any atom is -0.426 e. The van der Waals surface area contributed by atoms with E-state index < -0.39 is 36.1 Å². The molecule has 0 bridgehead atoms. The van der Waals surface area contributed by atoms with Crippen molar-refractivity contribution in [1.29, 1.82) is 10.8 Å². The maximum Gasteiger partial charge on any atom is 0.475 e. The van der Waals surface area contributed by atoms with Crippen molar-refractivity contribution in [1.82, 2.24) is 10.6 Å². The molecule has 1 aliphatic rings. The fraction of sp³-hybridized carbons (Fsp3) is 0.667. The zero-order valence-electron chi connectivity index (χ0n) is 12.1. The third-order valence-electron chi connectivity index (χ3n) is 3.33. The normalized spacial score (nSPS) is 16.8. The van der Waals surface area contributed by atoms with Crippen molar-refractivity contribution >= 4 is 30.9 Å². The van der Waals surface area contributed by atoms with E-state index in [0.29, 0.717) is 25.5 Å². The van der Waals surface area contributed by atoms with Crippen molar-refractivity contribution in [2.24, 2.45) is 5.92 Å². The molecular formula is C12H21BN4O4. The Hall–Kier alpha value is -1.74. The zero-order chi connectivity index (χ0) is 16.2. The molecule has 1 fully saturated rings. The van der Waals surface area contributed by atoms with Crippen LogP contribution in [0.2, 0.25) is 0 Å². The SMILES string of the molecule is CC(C)C[C@H](NC(=O)C1(NC(=O)C(=N)C=N)CC1)B(O)O. The highest BCUT2D eigenvalue weighted by atomic mass is 16.4. The highest BCUT2D eigenvalue weighted by Gasteiger charge is 2.52. The van der Waals surface area contributed by atoms with Gasteiger partial charge < -0.3 is 26.1 Å². The molecule has 0 spiro atoms. The van der Waals surface area contributed by atoms with Gasteiger partial charge in [0.25, 0.3) is 5.91 Å². The maximum atomic E-state index is 12.2. The zero-order valence-corrected chi connectivity index (χ0v) is 12.1. The second kappa shape index (κ2) is 6.81. The van der Waals surface area contributed by atoms with Crippen molar-refractivity contribution in [2.45, 2.75) is 44.6 Å². The lowest BCUT2D eigenvalue weighted by Crippen LogP contribution is -2.56. The molecule has 2 amide bonds. The first kappa shape index (κ1) is 17.3. The number of rotatable bonds is 8. The molecule has 1 saturated carbocycles. The van der Waals surface area contributed by atoms with Gasteiger partial charge in [-0.15, -0.1) is 0 Å². The standard InChI is InChI=1S/C12H21BN4O4/c1-7(2)5-9(13(20)21)16-11(19)12(3-4-12)17-10(18)8(15)6-14/h6-7,9,14-15,20-21H,3-5H2,1-2H3,(H,16,19)(H,17,18)/t9-/m0/s1. The van der Waals surface area contributed by atoms with Crippen LogP contribution in [0.25, 0.3) is 0 Å². The molecule has 0 aromatic carbocycles. The van der Waals surface area contributed by atoms with Gasteiger partial charge in [0.1, 0.15) is 11.3 Å². The average molecular weight is 296 g/mol. The van der Waals surface area contributed by atoms with Gasteiger partial charge in [-0.2, -0.15) is 0 Å². The van der Waals surface area contributed by atoms with E-state index in [-0.39, 0.29) is 5.92 Å². The predicted molar refractivity (Wildman–Crippen MR) is 78.2 cm³/mol. The number of carbonyl (C=O) groups excluding carboxylic acids is 2. The van der Waals surface area contributed by atoms with Gasteiger partial charge in [0.2, 0.25) is 5.91 Å². The Kier molecular flexibility index (Phi) is 5.62. The third-order valence-corrected chi connectivity index (χ3v) is 3.33. The van der Waals surface area contributed by atoms with E-state index in [9.17, 15) is 19.6 Å². The summed E-state index contributed by atoms with van der Waals surface area (Å²) in [6.45, 7) is 3.78. The smallest absolute Gasteiger partial charge is 0.426 e. The second-order valence-corrected chi connectivity index (χ2v) is 5.72. The summed E-state index contributed by atoms with van der Waals surface area (Å²) >= 11 is 0. The Morgan fingerprint density at radius 2 is 1.95 bits per heavy atom. The molecular weight excluding hydrogens is 275 g/mol. The minimum atomic E-state index is -1.68. The molecule has 9 heteroatoms. The van der Waals surface area contributed by atoms with Crippen LogP contribution in [-0.2, 0) is 9.59 Å². The molecule has 6 N–H and O–H groups in total. The molecule has 1 aliphatic carbocycles. The van der Waals surface area contributed by atoms with E-state index in [1.54, 1.807) is 0 Å². The molecule has 1 atom stereocenters. The van der Waals surface area contributed by atoms with Crippen molar-refractivity contribution in [2.75, 3.05) is 0 Å². The lowest BCUT2D eigenvalue weighted by molar-refractivity contribution is -0.128. The maximum absolute atomic E-state index is 12.2. The first-order valence-electron chi connectivity index (χ1n) is 6.80. The van der Waals surface area contributed by atoms with Crippen molar-refractivity contribution in [3.05, 3.63) is 0 Å². The van der Waals surface area contributed by atoms with Gasteiger partial charge in [0.05, 0.1) is 5.94 Å². The van der Waals surface area contributed by atoms with Gasteiger partial charge in [-0.3, -0.25) is 15.0 Å². The number of nitrogens with one attached hydrogen (secondary N) is 4. The minimum absolute atomic E-state index is 0.160. The molecule has 116 valence electrons. The van der Waals surface area contributed by atoms with E-state index in [2.05, 4.69) is 10.6 Å². The summed E-state index contributed by atoms with van der Waals surface area (Å²) in [6.07, 6.45) is 1.84. The van der Waals surface area contributed by atoms with Crippen molar-refractivity contribution in [3.8, 4) is 0 Å². The Morgan fingerprint density at radius 3 is 2.33 bits per heavy atom. The Morgan fingerprint density at radius 1 is 1.38 bits per heavy atom. The summed E-state index contributed by atoms with van der Waals surface area (Å²) in [5.74, 6) is -1.93. The van der Waals surface area contributed by atoms with E-state index in [1.807, 2.05) is 13.8 Å². The van der Waals surface area contributed by atoms with E-state index in [4.69, 9.17) is 10.8 Å². The van der Waals surface area contributed by atoms with Crippen LogP contribution in [0.1, 0.15) is 33.1 Å². The lowest BCUT2D eigenvalue weighted by atomic mass is 9.75. The summed E-state index contributed by atoms with van der Waals surface area (Å²) in [4.78, 5) is 23.8. The van der Waals surface area contributed by atoms with Gasteiger partial charge in [0, 0.05) is 6.21 Å². The van der Waals surface area contributed by atoms with Crippen LogP contribution in [0.5, 0.6) is 0 Å². The van der Waals surface area contributed by atoms with Crippen LogP contribution in [0, 0.1) is 16.7 Å². The summed E-state index contributed by atoms with van der Waals surface area (Å²) in [5.41, 5.74) is -1.63. The number of carbonyl (C=O) groups is 2. The Balaban J connectivity index is 2.67. The fourth-order valence-electron chi connectivity index (χ4n) is 1.95. The summed E-state index contributed by atoms with van der Waals surface area (Å²) in [5, 5.41) is 37.6. The first-order valence-corrected chi connectivity index (χ1v) is 6.80. The van der Waals surface area contributed by atoms with E-state index in [0.717, 1.165) is 0 Å². The molecule has 0 radical (unpaired) electrons. The highest BCUT2D eigenvalue weighted by Crippen LogP contribution is 2.35. The first-order chi connectivity index (χ1) is 9.71. The third kappa shape index (κ3) is 4.64. The fourth-order valence-corrected chi connectivity index (χ4v) is 1.95. The van der Waals surface area contributed by atoms with E-state index in [1.165, 1.54) is 0 Å². The quantitative estimate of drug-likeness (QED) is 0.248. The summed E-state index contributed by atoms with van der Waals surface area (Å²) < 4.78 is 0. The second-order valence-electron chi connectivity index (χ2n) is 5.72. The van der Waals surface area contributed by atoms with Gasteiger partial charge in [-0.05, 0) is 25.2 Å². The van der Waals surface area contributed by atoms with Gasteiger partial charge >= 0.3 is 7.12 Å². The number of hydrogen-bond acceptors (Lipinski definition) is 6. The van der Waals surface area contributed by atoms with Crippen LogP contribution >= 0.6 is 0 Å². The van der Waals surface area contributed by atoms with E-state index >= 15 is 0 Å². The number of amides is 2. The predicted octanol–water partition coefficient (Wildman–Crippen LogP) is -1.15. The topological polar surface area (TPSA) is 146 Å². The molecule has 0 aliphatic heterocycles. The molecule has 8 nitrogen and oxygen atoms in total. The molecule has 0 saturated heterocycles. The van der Waals surface area contributed by atoms with Crippen molar-refractivity contribution < 1.29 is 19.6 Å². The van der Waals surface area contributed by atoms with Gasteiger partial charge in [-0.1, -0.05) is 13.8 Å². The van der Waals surface area contributed by atoms with Crippen molar-refractivity contribution in [3.63, 3.8) is 0 Å². The largest absolute Gasteiger partial charge is 0.475 e. The average Bonchev–Trinajstić information content (AvgIpc) is 3.17. The van der Waals surface area contributed by atoms with Crippen LogP contribution in [0.3, 0.4) is 0 Å². The molecule has 0 aromatic rings. The highest BCUT2D eigenvalue weighted by molar-refractivity contribution is 6.59. The molecule has 21 heavy (non-hydrogen) atoms. The molecule has 1 rings (SSSR count). The van der Waals surface area contributed by atoms with Crippen LogP contribution in [0.15, 0.2) is 0 Å².